The zero-order valence-electron chi connectivity index (χ0n) is 15.1. The summed E-state index contributed by atoms with van der Waals surface area (Å²) < 4.78 is 5.14. The van der Waals surface area contributed by atoms with Gasteiger partial charge < -0.3 is 10.5 Å². The first-order chi connectivity index (χ1) is 13.0. The summed E-state index contributed by atoms with van der Waals surface area (Å²) in [5.74, 6) is -1.07. The summed E-state index contributed by atoms with van der Waals surface area (Å²) in [5.41, 5.74) is 7.40. The molecule has 0 atom stereocenters. The Morgan fingerprint density at radius 3 is 2.59 bits per heavy atom. The van der Waals surface area contributed by atoms with Crippen LogP contribution < -0.4 is 5.73 Å². The van der Waals surface area contributed by atoms with Crippen molar-refractivity contribution in [1.29, 1.82) is 5.26 Å². The van der Waals surface area contributed by atoms with E-state index in [0.717, 1.165) is 17.3 Å². The molecule has 1 heterocycles. The number of primary amides is 1. The van der Waals surface area contributed by atoms with Gasteiger partial charge in [0.15, 0.2) is 0 Å². The number of nitrogens with zero attached hydrogens (tertiary/aromatic N) is 2. The van der Waals surface area contributed by atoms with Gasteiger partial charge in [-0.3, -0.25) is 4.79 Å². The van der Waals surface area contributed by atoms with E-state index in [0.29, 0.717) is 16.3 Å². The van der Waals surface area contributed by atoms with Crippen LogP contribution in [-0.4, -0.2) is 29.2 Å². The fraction of sp³-hybridized carbons (Fsp3) is 0.200. The molecule has 0 radical (unpaired) electrons. The highest BCUT2D eigenvalue weighted by Gasteiger charge is 2.22. The third kappa shape index (κ3) is 5.19. The number of ether oxygens (including phenoxy) is 1. The molecule has 0 spiro atoms. The number of nitriles is 1. The van der Waals surface area contributed by atoms with Gasteiger partial charge >= 0.3 is 5.97 Å². The third-order valence-electron chi connectivity index (χ3n) is 3.57. The van der Waals surface area contributed by atoms with Crippen LogP contribution in [-0.2, 0) is 9.53 Å². The van der Waals surface area contributed by atoms with Gasteiger partial charge in [-0.25, -0.2) is 9.78 Å². The molecular weight excluding hydrogens is 362 g/mol. The Morgan fingerprint density at radius 2 is 2.00 bits per heavy atom. The number of amides is 1. The summed E-state index contributed by atoms with van der Waals surface area (Å²) >= 11 is 1.07. The molecule has 0 aliphatic carbocycles. The van der Waals surface area contributed by atoms with Gasteiger partial charge in [-0.15, -0.1) is 0 Å². The SMILES string of the molecule is CCOC(=O)c1c(C)nc(SCC(N)=O)c(C#N)c1C=Cc1ccccc1. The topological polar surface area (TPSA) is 106 Å². The molecule has 0 bridgehead atoms. The quantitative estimate of drug-likeness (QED) is 0.583. The number of hydrogen-bond donors (Lipinski definition) is 1. The number of carbonyl (C=O) groups excluding carboxylic acids is 2. The molecule has 1 aromatic carbocycles. The van der Waals surface area contributed by atoms with E-state index in [9.17, 15) is 14.9 Å². The maximum atomic E-state index is 12.5. The first-order valence-electron chi connectivity index (χ1n) is 8.24. The minimum absolute atomic E-state index is 0.0122. The average Bonchev–Trinajstić information content (AvgIpc) is 2.65. The number of pyridine rings is 1. The molecule has 2 N–H and O–H groups in total. The second-order valence-electron chi connectivity index (χ2n) is 5.50. The Labute approximate surface area is 162 Å². The Bertz CT molecular complexity index is 918. The van der Waals surface area contributed by atoms with Crippen LogP contribution in [0.15, 0.2) is 35.4 Å². The molecule has 0 fully saturated rings. The molecule has 0 aliphatic heterocycles. The molecule has 1 aromatic heterocycles. The molecule has 0 saturated heterocycles. The lowest BCUT2D eigenvalue weighted by molar-refractivity contribution is -0.115. The van der Waals surface area contributed by atoms with Crippen LogP contribution in [0.1, 0.15) is 39.7 Å². The van der Waals surface area contributed by atoms with Gasteiger partial charge in [-0.2, -0.15) is 5.26 Å². The summed E-state index contributed by atoms with van der Waals surface area (Å²) in [7, 11) is 0. The summed E-state index contributed by atoms with van der Waals surface area (Å²) in [4.78, 5) is 27.9. The summed E-state index contributed by atoms with van der Waals surface area (Å²) in [6.07, 6.45) is 3.50. The van der Waals surface area contributed by atoms with Crippen LogP contribution in [0.4, 0.5) is 0 Å². The Morgan fingerprint density at radius 1 is 1.30 bits per heavy atom. The maximum Gasteiger partial charge on any atom is 0.340 e. The molecule has 6 nitrogen and oxygen atoms in total. The molecule has 138 valence electrons. The van der Waals surface area contributed by atoms with Crippen molar-refractivity contribution in [3.8, 4) is 6.07 Å². The summed E-state index contributed by atoms with van der Waals surface area (Å²) in [6, 6.07) is 11.6. The molecule has 27 heavy (non-hydrogen) atoms. The molecule has 1 amide bonds. The van der Waals surface area contributed by atoms with Crippen molar-refractivity contribution < 1.29 is 14.3 Å². The van der Waals surface area contributed by atoms with Crippen molar-refractivity contribution in [3.05, 3.63) is 58.3 Å². The minimum Gasteiger partial charge on any atom is -0.462 e. The van der Waals surface area contributed by atoms with Gasteiger partial charge in [0.25, 0.3) is 0 Å². The van der Waals surface area contributed by atoms with Crippen LogP contribution >= 0.6 is 11.8 Å². The van der Waals surface area contributed by atoms with Crippen molar-refractivity contribution in [3.63, 3.8) is 0 Å². The highest BCUT2D eigenvalue weighted by Crippen LogP contribution is 2.29. The van der Waals surface area contributed by atoms with E-state index in [4.69, 9.17) is 10.5 Å². The van der Waals surface area contributed by atoms with Gasteiger partial charge in [0.05, 0.1) is 29.2 Å². The minimum atomic E-state index is -0.543. The van der Waals surface area contributed by atoms with E-state index < -0.39 is 11.9 Å². The Balaban J connectivity index is 2.62. The molecule has 7 heteroatoms. The van der Waals surface area contributed by atoms with E-state index in [2.05, 4.69) is 11.1 Å². The zero-order valence-corrected chi connectivity index (χ0v) is 15.9. The molecule has 2 rings (SSSR count). The van der Waals surface area contributed by atoms with Crippen LogP contribution in [0.25, 0.3) is 12.2 Å². The third-order valence-corrected chi connectivity index (χ3v) is 4.57. The number of carbonyl (C=O) groups is 2. The smallest absolute Gasteiger partial charge is 0.340 e. The van der Waals surface area contributed by atoms with Crippen LogP contribution in [0.2, 0.25) is 0 Å². The first-order valence-corrected chi connectivity index (χ1v) is 9.22. The summed E-state index contributed by atoms with van der Waals surface area (Å²) in [5, 5.41) is 10.0. The van der Waals surface area contributed by atoms with Crippen LogP contribution in [0.5, 0.6) is 0 Å². The van der Waals surface area contributed by atoms with Crippen LogP contribution in [0.3, 0.4) is 0 Å². The second kappa shape index (κ2) is 9.55. The number of nitrogens with two attached hydrogens (primary N) is 1. The number of esters is 1. The lowest BCUT2D eigenvalue weighted by Gasteiger charge is -2.13. The second-order valence-corrected chi connectivity index (χ2v) is 6.46. The van der Waals surface area contributed by atoms with Crippen molar-refractivity contribution in [2.75, 3.05) is 12.4 Å². The number of thioether (sulfide) groups is 1. The largest absolute Gasteiger partial charge is 0.462 e. The van der Waals surface area contributed by atoms with Crippen molar-refractivity contribution >= 4 is 35.8 Å². The molecule has 2 aromatic rings. The molecule has 0 unspecified atom stereocenters. The predicted molar refractivity (Wildman–Crippen MR) is 105 cm³/mol. The van der Waals surface area contributed by atoms with E-state index in [1.165, 1.54) is 0 Å². The predicted octanol–water partition coefficient (Wildman–Crippen LogP) is 3.19. The molecule has 0 saturated carbocycles. The van der Waals surface area contributed by atoms with E-state index in [-0.39, 0.29) is 23.5 Å². The monoisotopic (exact) mass is 381 g/mol. The van der Waals surface area contributed by atoms with E-state index >= 15 is 0 Å². The highest BCUT2D eigenvalue weighted by molar-refractivity contribution is 8.00. The number of aryl methyl sites for hydroxylation is 1. The van der Waals surface area contributed by atoms with E-state index in [1.54, 1.807) is 26.0 Å². The van der Waals surface area contributed by atoms with Crippen molar-refractivity contribution in [2.24, 2.45) is 5.73 Å². The fourth-order valence-electron chi connectivity index (χ4n) is 2.42. The number of hydrogen-bond acceptors (Lipinski definition) is 6. The number of benzene rings is 1. The normalized spacial score (nSPS) is 10.6. The molecular formula is C20H19N3O3S. The van der Waals surface area contributed by atoms with Gasteiger partial charge in [-0.1, -0.05) is 54.2 Å². The van der Waals surface area contributed by atoms with Crippen molar-refractivity contribution in [2.45, 2.75) is 18.9 Å². The van der Waals surface area contributed by atoms with Gasteiger partial charge in [0.1, 0.15) is 11.1 Å². The van der Waals surface area contributed by atoms with Gasteiger partial charge in [0, 0.05) is 5.56 Å². The standard InChI is InChI=1S/C20H19N3O3S/c1-3-26-20(25)18-13(2)23-19(27-12-17(22)24)16(11-21)15(18)10-9-14-7-5-4-6-8-14/h4-10H,3,12H2,1-2H3,(H2,22,24). The van der Waals surface area contributed by atoms with Crippen molar-refractivity contribution in [1.82, 2.24) is 4.98 Å². The number of rotatable bonds is 7. The van der Waals surface area contributed by atoms with Gasteiger partial charge in [-0.05, 0) is 19.4 Å². The Hall–Kier alpha value is -3.11. The van der Waals surface area contributed by atoms with Gasteiger partial charge in [0.2, 0.25) is 5.91 Å². The lowest BCUT2D eigenvalue weighted by atomic mass is 10.0. The highest BCUT2D eigenvalue weighted by atomic mass is 32.2. The average molecular weight is 381 g/mol. The maximum absolute atomic E-state index is 12.5. The first kappa shape index (κ1) is 20.2. The summed E-state index contributed by atoms with van der Waals surface area (Å²) in [6.45, 7) is 3.59. The zero-order chi connectivity index (χ0) is 19.8. The lowest BCUT2D eigenvalue weighted by Crippen LogP contribution is -2.15. The molecule has 0 aliphatic rings. The number of aromatic nitrogens is 1. The Kier molecular flexibility index (Phi) is 7.15. The fourth-order valence-corrected chi connectivity index (χ4v) is 3.20. The van der Waals surface area contributed by atoms with Crippen LogP contribution in [0, 0.1) is 18.3 Å². The van der Waals surface area contributed by atoms with E-state index in [1.807, 2.05) is 30.3 Å².